The van der Waals surface area contributed by atoms with Crippen LogP contribution in [0.3, 0.4) is 0 Å². The Morgan fingerprint density at radius 1 is 1.39 bits per heavy atom. The van der Waals surface area contributed by atoms with Crippen LogP contribution in [-0.2, 0) is 0 Å². The summed E-state index contributed by atoms with van der Waals surface area (Å²) in [6, 6.07) is 2.59. The van der Waals surface area contributed by atoms with Gasteiger partial charge in [-0.2, -0.15) is 0 Å². The summed E-state index contributed by atoms with van der Waals surface area (Å²) >= 11 is 5.28. The largest absolute Gasteiger partial charge is 0.329 e. The van der Waals surface area contributed by atoms with Crippen molar-refractivity contribution in [2.24, 2.45) is 5.73 Å². The average Bonchev–Trinajstić information content (AvgIpc) is 2.79. The highest BCUT2D eigenvalue weighted by molar-refractivity contribution is 9.11. The first-order valence-electron chi connectivity index (χ1n) is 6.65. The van der Waals surface area contributed by atoms with E-state index in [9.17, 15) is 0 Å². The van der Waals surface area contributed by atoms with Crippen LogP contribution in [-0.4, -0.2) is 49.1 Å². The molecule has 1 fully saturated rings. The van der Waals surface area contributed by atoms with Gasteiger partial charge in [0.05, 0.1) is 3.79 Å². The molecule has 0 amide bonds. The Kier molecular flexibility index (Phi) is 5.63. The van der Waals surface area contributed by atoms with Gasteiger partial charge in [-0.05, 0) is 45.9 Å². The van der Waals surface area contributed by atoms with Crippen LogP contribution in [0.1, 0.15) is 24.9 Å². The van der Waals surface area contributed by atoms with Gasteiger partial charge < -0.3 is 10.6 Å². The zero-order valence-corrected chi connectivity index (χ0v) is 13.3. The topological polar surface area (TPSA) is 32.5 Å². The van der Waals surface area contributed by atoms with Crippen LogP contribution >= 0.6 is 27.3 Å². The Balaban J connectivity index is 1.94. The zero-order chi connectivity index (χ0) is 13.0. The SMILES string of the molecule is CCCN1CCN(C(CN)c2csc(Br)c2)CC1. The molecule has 1 aliphatic rings. The lowest BCUT2D eigenvalue weighted by Gasteiger charge is -2.38. The standard InChI is InChI=1S/C13H22BrN3S/c1-2-3-16-4-6-17(7-5-16)12(9-15)11-8-13(14)18-10-11/h8,10,12H,2-7,9,15H2,1H3. The second-order valence-corrected chi connectivity index (χ2v) is 7.10. The number of thiophene rings is 1. The van der Waals surface area contributed by atoms with Crippen LogP contribution in [0.25, 0.3) is 0 Å². The molecule has 2 rings (SSSR count). The Hall–Kier alpha value is 0.0600. The van der Waals surface area contributed by atoms with E-state index in [-0.39, 0.29) is 0 Å². The summed E-state index contributed by atoms with van der Waals surface area (Å²) < 4.78 is 1.19. The van der Waals surface area contributed by atoms with E-state index in [1.807, 2.05) is 0 Å². The van der Waals surface area contributed by atoms with Gasteiger partial charge >= 0.3 is 0 Å². The van der Waals surface area contributed by atoms with Gasteiger partial charge in [-0.3, -0.25) is 4.90 Å². The average molecular weight is 332 g/mol. The van der Waals surface area contributed by atoms with Crippen LogP contribution in [0, 0.1) is 0 Å². The lowest BCUT2D eigenvalue weighted by atomic mass is 10.1. The Morgan fingerprint density at radius 2 is 2.11 bits per heavy atom. The minimum Gasteiger partial charge on any atom is -0.329 e. The molecule has 5 heteroatoms. The minimum atomic E-state index is 0.385. The summed E-state index contributed by atoms with van der Waals surface area (Å²) in [4.78, 5) is 5.08. The predicted molar refractivity (Wildman–Crippen MR) is 82.1 cm³/mol. The van der Waals surface area contributed by atoms with Gasteiger partial charge in [-0.1, -0.05) is 6.92 Å². The molecule has 0 aliphatic carbocycles. The van der Waals surface area contributed by atoms with E-state index in [4.69, 9.17) is 5.73 Å². The third-order valence-corrected chi connectivity index (χ3v) is 5.11. The number of hydrogen-bond donors (Lipinski definition) is 1. The van der Waals surface area contributed by atoms with Crippen molar-refractivity contribution < 1.29 is 0 Å². The summed E-state index contributed by atoms with van der Waals surface area (Å²) in [5.41, 5.74) is 7.33. The zero-order valence-electron chi connectivity index (χ0n) is 10.9. The van der Waals surface area contributed by atoms with E-state index in [2.05, 4.69) is 44.1 Å². The molecule has 0 radical (unpaired) electrons. The van der Waals surface area contributed by atoms with E-state index >= 15 is 0 Å². The molecule has 1 aromatic rings. The molecule has 18 heavy (non-hydrogen) atoms. The molecule has 0 saturated carbocycles. The van der Waals surface area contributed by atoms with Crippen LogP contribution < -0.4 is 5.73 Å². The second kappa shape index (κ2) is 7.01. The number of hydrogen-bond acceptors (Lipinski definition) is 4. The summed E-state index contributed by atoms with van der Waals surface area (Å²) in [7, 11) is 0. The van der Waals surface area contributed by atoms with Crippen LogP contribution in [0.15, 0.2) is 15.2 Å². The van der Waals surface area contributed by atoms with Gasteiger partial charge in [0.25, 0.3) is 0 Å². The van der Waals surface area contributed by atoms with E-state index in [0.717, 1.165) is 13.1 Å². The number of nitrogens with two attached hydrogens (primary N) is 1. The molecule has 1 unspecified atom stereocenters. The van der Waals surface area contributed by atoms with Crippen LogP contribution in [0.4, 0.5) is 0 Å². The number of piperazine rings is 1. The lowest BCUT2D eigenvalue weighted by Crippen LogP contribution is -2.49. The third-order valence-electron chi connectivity index (χ3n) is 3.58. The molecule has 1 aliphatic heterocycles. The quantitative estimate of drug-likeness (QED) is 0.899. The first-order chi connectivity index (χ1) is 8.74. The van der Waals surface area contributed by atoms with Crippen molar-refractivity contribution in [3.8, 4) is 0 Å². The Bertz CT molecular complexity index is 361. The first-order valence-corrected chi connectivity index (χ1v) is 8.32. The van der Waals surface area contributed by atoms with Crippen LogP contribution in [0.5, 0.6) is 0 Å². The fourth-order valence-electron chi connectivity index (χ4n) is 2.61. The van der Waals surface area contributed by atoms with Gasteiger partial charge in [0.1, 0.15) is 0 Å². The predicted octanol–water partition coefficient (Wildman–Crippen LogP) is 2.54. The van der Waals surface area contributed by atoms with Crippen molar-refractivity contribution in [1.29, 1.82) is 0 Å². The van der Waals surface area contributed by atoms with E-state index in [1.54, 1.807) is 11.3 Å². The van der Waals surface area contributed by atoms with E-state index in [0.29, 0.717) is 12.6 Å². The van der Waals surface area contributed by atoms with Crippen molar-refractivity contribution in [3.05, 3.63) is 20.8 Å². The van der Waals surface area contributed by atoms with Crippen molar-refractivity contribution >= 4 is 27.3 Å². The molecule has 1 aromatic heterocycles. The highest BCUT2D eigenvalue weighted by Crippen LogP contribution is 2.28. The normalized spacial score (nSPS) is 20.2. The van der Waals surface area contributed by atoms with Crippen molar-refractivity contribution in [3.63, 3.8) is 0 Å². The summed E-state index contributed by atoms with van der Waals surface area (Å²) in [5, 5.41) is 2.22. The maximum Gasteiger partial charge on any atom is 0.0701 e. The molecule has 2 heterocycles. The first kappa shape index (κ1) is 14.5. The Morgan fingerprint density at radius 3 is 2.61 bits per heavy atom. The molecule has 102 valence electrons. The molecule has 0 bridgehead atoms. The number of nitrogens with zero attached hydrogens (tertiary/aromatic N) is 2. The third kappa shape index (κ3) is 3.54. The molecule has 1 atom stereocenters. The van der Waals surface area contributed by atoms with Crippen LogP contribution in [0.2, 0.25) is 0 Å². The summed E-state index contributed by atoms with van der Waals surface area (Å²) in [6.07, 6.45) is 1.25. The van der Waals surface area contributed by atoms with Crippen molar-refractivity contribution in [1.82, 2.24) is 9.80 Å². The van der Waals surface area contributed by atoms with Gasteiger partial charge in [0, 0.05) is 38.8 Å². The minimum absolute atomic E-state index is 0.385. The maximum absolute atomic E-state index is 5.97. The Labute approximate surface area is 122 Å². The molecule has 3 nitrogen and oxygen atoms in total. The molecular weight excluding hydrogens is 310 g/mol. The smallest absolute Gasteiger partial charge is 0.0701 e. The van der Waals surface area contributed by atoms with Gasteiger partial charge in [0.15, 0.2) is 0 Å². The fourth-order valence-corrected chi connectivity index (χ4v) is 3.83. The molecule has 0 aromatic carbocycles. The molecule has 0 spiro atoms. The monoisotopic (exact) mass is 331 g/mol. The molecule has 1 saturated heterocycles. The van der Waals surface area contributed by atoms with Gasteiger partial charge in [-0.15, -0.1) is 11.3 Å². The van der Waals surface area contributed by atoms with Crippen molar-refractivity contribution in [2.45, 2.75) is 19.4 Å². The van der Waals surface area contributed by atoms with Gasteiger partial charge in [0.2, 0.25) is 0 Å². The highest BCUT2D eigenvalue weighted by atomic mass is 79.9. The lowest BCUT2D eigenvalue weighted by molar-refractivity contribution is 0.0987. The number of halogens is 1. The summed E-state index contributed by atoms with van der Waals surface area (Å²) in [5.74, 6) is 0. The second-order valence-electron chi connectivity index (χ2n) is 4.81. The van der Waals surface area contributed by atoms with E-state index in [1.165, 1.54) is 35.4 Å². The summed E-state index contributed by atoms with van der Waals surface area (Å²) in [6.45, 7) is 8.80. The molecular formula is C13H22BrN3S. The van der Waals surface area contributed by atoms with E-state index < -0.39 is 0 Å². The van der Waals surface area contributed by atoms with Crippen molar-refractivity contribution in [2.75, 3.05) is 39.3 Å². The fraction of sp³-hybridized carbons (Fsp3) is 0.692. The highest BCUT2D eigenvalue weighted by Gasteiger charge is 2.24. The number of rotatable bonds is 5. The molecule has 2 N–H and O–H groups in total. The van der Waals surface area contributed by atoms with Gasteiger partial charge in [-0.25, -0.2) is 0 Å². The maximum atomic E-state index is 5.97.